The fourth-order valence-corrected chi connectivity index (χ4v) is 4.56. The highest BCUT2D eigenvalue weighted by Crippen LogP contribution is 2.32. The summed E-state index contributed by atoms with van der Waals surface area (Å²) in [5.74, 6) is 5.22. The van der Waals surface area contributed by atoms with Crippen LogP contribution in [0.5, 0.6) is 0 Å². The van der Waals surface area contributed by atoms with Gasteiger partial charge in [0, 0.05) is 11.1 Å². The van der Waals surface area contributed by atoms with E-state index < -0.39 is 21.1 Å². The fraction of sp³-hybridized carbons (Fsp3) is 0.125. The number of carbonyl (C=O) groups is 1. The Bertz CT molecular complexity index is 1140. The number of esters is 1. The molecule has 0 radical (unpaired) electrons. The molecule has 5 heteroatoms. The summed E-state index contributed by atoms with van der Waals surface area (Å²) in [6.07, 6.45) is 0. The van der Waals surface area contributed by atoms with E-state index in [1.54, 1.807) is 49.4 Å². The van der Waals surface area contributed by atoms with Crippen LogP contribution in [0.1, 0.15) is 28.9 Å². The molecule has 0 heterocycles. The molecular formula is C24H20O4S. The molecule has 0 aliphatic carbocycles. The Morgan fingerprint density at radius 3 is 2.10 bits per heavy atom. The molecule has 3 aromatic carbocycles. The maximum Gasteiger partial charge on any atom is 0.329 e. The van der Waals surface area contributed by atoms with Gasteiger partial charge < -0.3 is 4.74 Å². The van der Waals surface area contributed by atoms with Gasteiger partial charge in [0.1, 0.15) is 0 Å². The third-order valence-corrected chi connectivity index (χ3v) is 6.24. The first kappa shape index (κ1) is 20.4. The topological polar surface area (TPSA) is 60.4 Å². The van der Waals surface area contributed by atoms with E-state index in [9.17, 15) is 13.2 Å². The number of hydrogen-bond donors (Lipinski definition) is 0. The zero-order valence-electron chi connectivity index (χ0n) is 15.9. The molecular weight excluding hydrogens is 384 g/mol. The van der Waals surface area contributed by atoms with Gasteiger partial charge in [0.15, 0.2) is 15.1 Å². The predicted octanol–water partition coefficient (Wildman–Crippen LogP) is 4.16. The first-order chi connectivity index (χ1) is 14.0. The van der Waals surface area contributed by atoms with Crippen LogP contribution in [-0.2, 0) is 19.4 Å². The molecule has 0 bridgehead atoms. The van der Waals surface area contributed by atoms with Gasteiger partial charge in [0.05, 0.1) is 11.5 Å². The molecule has 0 aromatic heterocycles. The average Bonchev–Trinajstić information content (AvgIpc) is 2.74. The van der Waals surface area contributed by atoms with E-state index in [1.807, 2.05) is 30.3 Å². The van der Waals surface area contributed by atoms with Gasteiger partial charge in [-0.05, 0) is 42.8 Å². The molecule has 3 rings (SSSR count). The highest BCUT2D eigenvalue weighted by atomic mass is 32.2. The molecule has 0 aliphatic heterocycles. The average molecular weight is 404 g/mol. The quantitative estimate of drug-likeness (QED) is 0.473. The van der Waals surface area contributed by atoms with Crippen LogP contribution < -0.4 is 0 Å². The van der Waals surface area contributed by atoms with Crippen molar-refractivity contribution in [1.29, 1.82) is 0 Å². The Morgan fingerprint density at radius 2 is 1.45 bits per heavy atom. The normalized spacial score (nSPS) is 11.8. The third-order valence-electron chi connectivity index (χ3n) is 4.24. The molecule has 4 nitrogen and oxygen atoms in total. The van der Waals surface area contributed by atoms with Crippen molar-refractivity contribution in [3.8, 4) is 11.8 Å². The van der Waals surface area contributed by atoms with E-state index >= 15 is 0 Å². The van der Waals surface area contributed by atoms with Gasteiger partial charge in [-0.3, -0.25) is 4.79 Å². The van der Waals surface area contributed by atoms with Crippen molar-refractivity contribution in [1.82, 2.24) is 0 Å². The van der Waals surface area contributed by atoms with Gasteiger partial charge in [-0.1, -0.05) is 66.4 Å². The molecule has 0 saturated heterocycles. The zero-order valence-corrected chi connectivity index (χ0v) is 16.7. The number of sulfone groups is 1. The van der Waals surface area contributed by atoms with Crippen LogP contribution >= 0.6 is 0 Å². The second-order valence-corrected chi connectivity index (χ2v) is 8.23. The SMILES string of the molecule is CCOC(=O)C(c1ccccc1C#Cc1ccccc1)S(=O)(=O)c1ccccc1. The molecule has 0 spiro atoms. The number of ether oxygens (including phenoxy) is 1. The number of benzene rings is 3. The van der Waals surface area contributed by atoms with Crippen molar-refractivity contribution in [2.45, 2.75) is 17.1 Å². The van der Waals surface area contributed by atoms with Gasteiger partial charge in [0.25, 0.3) is 0 Å². The minimum absolute atomic E-state index is 0.0591. The van der Waals surface area contributed by atoms with Gasteiger partial charge in [-0.2, -0.15) is 0 Å². The Morgan fingerprint density at radius 1 is 0.862 bits per heavy atom. The van der Waals surface area contributed by atoms with Gasteiger partial charge in [-0.25, -0.2) is 8.42 Å². The minimum Gasteiger partial charge on any atom is -0.465 e. The lowest BCUT2D eigenvalue weighted by molar-refractivity contribution is -0.142. The highest BCUT2D eigenvalue weighted by molar-refractivity contribution is 7.92. The maximum atomic E-state index is 13.3. The van der Waals surface area contributed by atoms with Crippen LogP contribution in [0, 0.1) is 11.8 Å². The third kappa shape index (κ3) is 4.74. The van der Waals surface area contributed by atoms with E-state index in [4.69, 9.17) is 4.74 Å². The number of hydrogen-bond acceptors (Lipinski definition) is 4. The highest BCUT2D eigenvalue weighted by Gasteiger charge is 2.38. The molecule has 146 valence electrons. The van der Waals surface area contributed by atoms with Gasteiger partial charge in [0.2, 0.25) is 0 Å². The van der Waals surface area contributed by atoms with Crippen LogP contribution in [0.15, 0.2) is 89.8 Å². The molecule has 1 unspecified atom stereocenters. The van der Waals surface area contributed by atoms with Crippen LogP contribution in [-0.4, -0.2) is 21.0 Å². The van der Waals surface area contributed by atoms with E-state index in [1.165, 1.54) is 12.1 Å². The Hall–Kier alpha value is -3.36. The van der Waals surface area contributed by atoms with Crippen molar-refractivity contribution in [3.05, 3.63) is 102 Å². The predicted molar refractivity (Wildman–Crippen MR) is 112 cm³/mol. The minimum atomic E-state index is -4.02. The molecule has 0 aliphatic rings. The Labute approximate surface area is 171 Å². The summed E-state index contributed by atoms with van der Waals surface area (Å²) in [5.41, 5.74) is 1.56. The standard InChI is InChI=1S/C24H20O4S/c1-2-28-24(25)23(29(26,27)21-14-7-4-8-15-21)22-16-10-9-13-20(22)18-17-19-11-5-3-6-12-19/h3-16,23H,2H2,1H3. The first-order valence-electron chi connectivity index (χ1n) is 9.15. The van der Waals surface area contributed by atoms with Gasteiger partial charge >= 0.3 is 5.97 Å². The fourth-order valence-electron chi connectivity index (χ4n) is 2.89. The van der Waals surface area contributed by atoms with Crippen LogP contribution in [0.25, 0.3) is 0 Å². The van der Waals surface area contributed by atoms with E-state index in [-0.39, 0.29) is 11.5 Å². The molecule has 0 amide bonds. The second-order valence-electron chi connectivity index (χ2n) is 6.19. The van der Waals surface area contributed by atoms with Gasteiger partial charge in [-0.15, -0.1) is 0 Å². The number of rotatable bonds is 5. The summed E-state index contributed by atoms with van der Waals surface area (Å²) in [7, 11) is -4.02. The summed E-state index contributed by atoms with van der Waals surface area (Å²) in [6.45, 7) is 1.72. The molecule has 0 fully saturated rings. The Balaban J connectivity index is 2.13. The van der Waals surface area contributed by atoms with Crippen molar-refractivity contribution >= 4 is 15.8 Å². The first-order valence-corrected chi connectivity index (χ1v) is 10.7. The van der Waals surface area contributed by atoms with Crippen LogP contribution in [0.3, 0.4) is 0 Å². The van der Waals surface area contributed by atoms with E-state index in [0.717, 1.165) is 5.56 Å². The van der Waals surface area contributed by atoms with Crippen LogP contribution in [0.4, 0.5) is 0 Å². The summed E-state index contributed by atoms with van der Waals surface area (Å²) in [4.78, 5) is 12.8. The summed E-state index contributed by atoms with van der Waals surface area (Å²) < 4.78 is 31.8. The molecule has 0 N–H and O–H groups in total. The monoisotopic (exact) mass is 404 g/mol. The van der Waals surface area contributed by atoms with Crippen LogP contribution in [0.2, 0.25) is 0 Å². The summed E-state index contributed by atoms with van der Waals surface area (Å²) in [5, 5.41) is -1.49. The van der Waals surface area contributed by atoms with Crippen molar-refractivity contribution in [2.75, 3.05) is 6.61 Å². The van der Waals surface area contributed by atoms with Crippen molar-refractivity contribution in [3.63, 3.8) is 0 Å². The molecule has 29 heavy (non-hydrogen) atoms. The lowest BCUT2D eigenvalue weighted by Crippen LogP contribution is -2.25. The molecule has 1 atom stereocenters. The largest absolute Gasteiger partial charge is 0.465 e. The zero-order chi connectivity index (χ0) is 20.7. The lowest BCUT2D eigenvalue weighted by atomic mass is 10.0. The van der Waals surface area contributed by atoms with E-state index in [0.29, 0.717) is 11.1 Å². The summed E-state index contributed by atoms with van der Waals surface area (Å²) in [6, 6.07) is 24.0. The number of carbonyl (C=O) groups excluding carboxylic acids is 1. The maximum absolute atomic E-state index is 13.3. The lowest BCUT2D eigenvalue weighted by Gasteiger charge is -2.18. The smallest absolute Gasteiger partial charge is 0.329 e. The molecule has 3 aromatic rings. The summed E-state index contributed by atoms with van der Waals surface area (Å²) >= 11 is 0. The molecule has 0 saturated carbocycles. The van der Waals surface area contributed by atoms with Crippen molar-refractivity contribution < 1.29 is 17.9 Å². The van der Waals surface area contributed by atoms with E-state index in [2.05, 4.69) is 11.8 Å². The second kappa shape index (κ2) is 9.22. The Kier molecular flexibility index (Phi) is 6.48. The van der Waals surface area contributed by atoms with Crippen molar-refractivity contribution in [2.24, 2.45) is 0 Å².